The molecular weight excluding hydrogens is 314 g/mol. The summed E-state index contributed by atoms with van der Waals surface area (Å²) in [4.78, 5) is -1.05. The molecule has 4 nitrogen and oxygen atoms in total. The Morgan fingerprint density at radius 3 is 2.21 bits per heavy atom. The van der Waals surface area contributed by atoms with Crippen LogP contribution < -0.4 is 4.74 Å². The number of halogens is 5. The molecule has 0 heterocycles. The number of rotatable bonds is 4. The quantitative estimate of drug-likeness (QED) is 0.632. The molecule has 0 spiro atoms. The second-order valence-corrected chi connectivity index (χ2v) is 5.65. The van der Waals surface area contributed by atoms with Crippen molar-refractivity contribution in [2.75, 3.05) is 0 Å². The van der Waals surface area contributed by atoms with Crippen molar-refractivity contribution in [2.24, 2.45) is 0 Å². The predicted molar refractivity (Wildman–Crippen MR) is 55.8 cm³/mol. The number of nitrogens with zero attached hydrogens (tertiary/aromatic N) is 1. The average molecular weight is 318 g/mol. The summed E-state index contributed by atoms with van der Waals surface area (Å²) in [5.41, 5.74) is -1.63. The van der Waals surface area contributed by atoms with Gasteiger partial charge in [-0.25, -0.2) is 17.2 Å². The van der Waals surface area contributed by atoms with E-state index >= 15 is 0 Å². The fourth-order valence-electron chi connectivity index (χ4n) is 1.23. The van der Waals surface area contributed by atoms with Gasteiger partial charge >= 0.3 is 6.61 Å². The molecule has 1 aromatic rings. The van der Waals surface area contributed by atoms with Crippen LogP contribution in [-0.2, 0) is 9.05 Å². The van der Waals surface area contributed by atoms with E-state index in [1.165, 1.54) is 6.07 Å². The van der Waals surface area contributed by atoms with Gasteiger partial charge < -0.3 is 4.74 Å². The van der Waals surface area contributed by atoms with Crippen molar-refractivity contribution in [3.8, 4) is 11.8 Å². The molecule has 0 aliphatic carbocycles. The molecule has 0 amide bonds. The van der Waals surface area contributed by atoms with Crippen molar-refractivity contribution in [2.45, 2.75) is 17.9 Å². The van der Waals surface area contributed by atoms with Crippen molar-refractivity contribution >= 4 is 19.7 Å². The van der Waals surface area contributed by atoms with E-state index < -0.39 is 43.9 Å². The molecule has 104 valence electrons. The minimum absolute atomic E-state index is 0.337. The third-order valence-corrected chi connectivity index (χ3v) is 3.29. The summed E-state index contributed by atoms with van der Waals surface area (Å²) in [7, 11) is 0.350. The second kappa shape index (κ2) is 5.63. The number of benzene rings is 1. The van der Waals surface area contributed by atoms with Gasteiger partial charge in [0.1, 0.15) is 10.6 Å². The molecule has 0 bridgehead atoms. The Hall–Kier alpha value is -1.53. The van der Waals surface area contributed by atoms with Crippen LogP contribution in [0, 0.1) is 11.3 Å². The van der Waals surface area contributed by atoms with Crippen molar-refractivity contribution in [3.63, 3.8) is 0 Å². The lowest BCUT2D eigenvalue weighted by Crippen LogP contribution is -2.07. The van der Waals surface area contributed by atoms with Gasteiger partial charge in [0, 0.05) is 22.3 Å². The Bertz CT molecular complexity index is 627. The zero-order valence-electron chi connectivity index (χ0n) is 8.78. The molecule has 0 radical (unpaired) electrons. The summed E-state index contributed by atoms with van der Waals surface area (Å²) in [5.74, 6) is -0.967. The maximum absolute atomic E-state index is 12.6. The van der Waals surface area contributed by atoms with E-state index in [1.54, 1.807) is 0 Å². The molecule has 0 aromatic heterocycles. The highest BCUT2D eigenvalue weighted by Gasteiger charge is 2.25. The molecule has 1 rings (SSSR count). The monoisotopic (exact) mass is 317 g/mol. The summed E-state index contributed by atoms with van der Waals surface area (Å²) in [6.07, 6.45) is -3.17. The van der Waals surface area contributed by atoms with Crippen molar-refractivity contribution in [1.82, 2.24) is 0 Å². The second-order valence-electron chi connectivity index (χ2n) is 3.12. The van der Waals surface area contributed by atoms with E-state index in [2.05, 4.69) is 4.74 Å². The van der Waals surface area contributed by atoms with Gasteiger partial charge in [-0.1, -0.05) is 0 Å². The van der Waals surface area contributed by atoms with E-state index in [0.717, 1.165) is 0 Å². The third-order valence-electron chi connectivity index (χ3n) is 1.95. The molecule has 0 saturated heterocycles. The lowest BCUT2D eigenvalue weighted by molar-refractivity contribution is -0.0517. The van der Waals surface area contributed by atoms with Crippen LogP contribution in [0.4, 0.5) is 17.6 Å². The summed E-state index contributed by atoms with van der Waals surface area (Å²) in [6, 6.07) is 2.14. The zero-order valence-corrected chi connectivity index (χ0v) is 10.4. The van der Waals surface area contributed by atoms with Crippen LogP contribution >= 0.6 is 10.7 Å². The van der Waals surface area contributed by atoms with Crippen LogP contribution in [-0.4, -0.2) is 15.0 Å². The Kier molecular flexibility index (Phi) is 4.60. The van der Waals surface area contributed by atoms with Crippen molar-refractivity contribution in [1.29, 1.82) is 5.26 Å². The lowest BCUT2D eigenvalue weighted by atomic mass is 10.1. The third kappa shape index (κ3) is 3.71. The van der Waals surface area contributed by atoms with Gasteiger partial charge in [0.05, 0.1) is 11.6 Å². The molecule has 0 atom stereocenters. The maximum Gasteiger partial charge on any atom is 0.387 e. The normalized spacial score (nSPS) is 11.7. The van der Waals surface area contributed by atoms with Gasteiger partial charge in [0.15, 0.2) is 0 Å². The number of hydrogen-bond donors (Lipinski definition) is 0. The first kappa shape index (κ1) is 15.5. The minimum atomic E-state index is -4.59. The van der Waals surface area contributed by atoms with Gasteiger partial charge in [0.25, 0.3) is 15.5 Å². The van der Waals surface area contributed by atoms with Gasteiger partial charge in [0.2, 0.25) is 0 Å². The molecule has 0 unspecified atom stereocenters. The largest absolute Gasteiger partial charge is 0.433 e. The summed E-state index contributed by atoms with van der Waals surface area (Å²) in [6.45, 7) is -3.40. The first-order chi connectivity index (χ1) is 8.66. The Morgan fingerprint density at radius 2 is 1.84 bits per heavy atom. The molecule has 0 saturated carbocycles. The van der Waals surface area contributed by atoms with Crippen LogP contribution in [0.2, 0.25) is 0 Å². The van der Waals surface area contributed by atoms with Gasteiger partial charge in [-0.3, -0.25) is 0 Å². The fourth-order valence-corrected chi connectivity index (χ4v) is 2.21. The van der Waals surface area contributed by atoms with E-state index in [4.69, 9.17) is 15.9 Å². The number of hydrogen-bond acceptors (Lipinski definition) is 4. The number of nitriles is 1. The molecule has 0 fully saturated rings. The molecule has 0 aliphatic heterocycles. The number of ether oxygens (including phenoxy) is 1. The fraction of sp³-hybridized carbons (Fsp3) is 0.222. The van der Waals surface area contributed by atoms with E-state index in [-0.39, 0.29) is 0 Å². The maximum atomic E-state index is 12.6. The highest BCUT2D eigenvalue weighted by atomic mass is 35.7. The molecule has 0 aliphatic rings. The van der Waals surface area contributed by atoms with Crippen LogP contribution in [0.1, 0.15) is 17.6 Å². The van der Waals surface area contributed by atoms with Crippen molar-refractivity contribution < 1.29 is 30.7 Å². The highest BCUT2D eigenvalue weighted by Crippen LogP contribution is 2.35. The van der Waals surface area contributed by atoms with Crippen molar-refractivity contribution in [3.05, 3.63) is 23.3 Å². The summed E-state index contributed by atoms with van der Waals surface area (Å²) < 4.78 is 75.5. The van der Waals surface area contributed by atoms with E-state index in [1.807, 2.05) is 0 Å². The summed E-state index contributed by atoms with van der Waals surface area (Å²) in [5, 5.41) is 8.61. The predicted octanol–water partition coefficient (Wildman–Crippen LogP) is 3.02. The molecular formula is C9H4ClF4NO3S. The van der Waals surface area contributed by atoms with E-state index in [0.29, 0.717) is 12.1 Å². The van der Waals surface area contributed by atoms with E-state index in [9.17, 15) is 26.0 Å². The number of alkyl halides is 4. The van der Waals surface area contributed by atoms with Gasteiger partial charge in [-0.05, 0) is 6.07 Å². The molecule has 19 heavy (non-hydrogen) atoms. The van der Waals surface area contributed by atoms with Crippen LogP contribution in [0.5, 0.6) is 5.75 Å². The topological polar surface area (TPSA) is 67.2 Å². The smallest absolute Gasteiger partial charge is 0.387 e. The molecule has 0 N–H and O–H groups in total. The van der Waals surface area contributed by atoms with Crippen LogP contribution in [0.3, 0.4) is 0 Å². The first-order valence-electron chi connectivity index (χ1n) is 4.42. The highest BCUT2D eigenvalue weighted by molar-refractivity contribution is 8.13. The van der Waals surface area contributed by atoms with Crippen LogP contribution in [0.15, 0.2) is 17.0 Å². The van der Waals surface area contributed by atoms with Crippen LogP contribution in [0.25, 0.3) is 0 Å². The first-order valence-corrected chi connectivity index (χ1v) is 6.73. The Morgan fingerprint density at radius 1 is 1.26 bits per heavy atom. The summed E-state index contributed by atoms with van der Waals surface area (Å²) >= 11 is 0. The Labute approximate surface area is 109 Å². The SMILES string of the molecule is N#Cc1cc(OC(F)F)c(S(=O)(=O)Cl)cc1C(F)F. The standard InChI is InChI=1S/C9H4ClF4NO3S/c10-19(16,17)7-2-5(8(11)12)4(3-15)1-6(7)18-9(13)14/h1-2,8-9H. The Balaban J connectivity index is 3.59. The average Bonchev–Trinajstić information content (AvgIpc) is 2.25. The molecule has 10 heteroatoms. The lowest BCUT2D eigenvalue weighted by Gasteiger charge is -2.11. The zero-order chi connectivity index (χ0) is 14.8. The van der Waals surface area contributed by atoms with Gasteiger partial charge in [-0.2, -0.15) is 14.0 Å². The minimum Gasteiger partial charge on any atom is -0.433 e. The van der Waals surface area contributed by atoms with Gasteiger partial charge in [-0.15, -0.1) is 0 Å². The molecule has 1 aromatic carbocycles.